The Labute approximate surface area is 150 Å². The van der Waals surface area contributed by atoms with Gasteiger partial charge in [-0.1, -0.05) is 24.3 Å². The number of carbonyl (C=O) groups excluding carboxylic acids is 3. The van der Waals surface area contributed by atoms with Crippen molar-refractivity contribution in [3.05, 3.63) is 51.7 Å². The highest BCUT2D eigenvalue weighted by Gasteiger charge is 2.37. The Morgan fingerprint density at radius 1 is 1.20 bits per heavy atom. The maximum Gasteiger partial charge on any atom is 0.311 e. The van der Waals surface area contributed by atoms with Crippen molar-refractivity contribution in [2.75, 3.05) is 18.1 Å². The molecule has 0 bridgehead atoms. The minimum Gasteiger partial charge on any atom is -0.457 e. The van der Waals surface area contributed by atoms with Gasteiger partial charge in [-0.3, -0.25) is 14.4 Å². The zero-order valence-electron chi connectivity index (χ0n) is 14.2. The van der Waals surface area contributed by atoms with Crippen molar-refractivity contribution in [1.82, 2.24) is 0 Å². The van der Waals surface area contributed by atoms with E-state index < -0.39 is 11.9 Å². The van der Waals surface area contributed by atoms with E-state index in [0.29, 0.717) is 4.88 Å². The van der Waals surface area contributed by atoms with Crippen LogP contribution in [0, 0.1) is 19.8 Å². The molecule has 6 heteroatoms. The van der Waals surface area contributed by atoms with E-state index in [-0.39, 0.29) is 31.3 Å². The summed E-state index contributed by atoms with van der Waals surface area (Å²) in [5, 5.41) is 1.80. The normalized spacial score (nSPS) is 17.0. The number of amides is 1. The molecule has 1 aliphatic rings. The number of ether oxygens (including phenoxy) is 1. The van der Waals surface area contributed by atoms with Crippen LogP contribution in [0.4, 0.5) is 5.69 Å². The van der Waals surface area contributed by atoms with E-state index in [1.54, 1.807) is 22.4 Å². The lowest BCUT2D eigenvalue weighted by Gasteiger charge is -2.21. The van der Waals surface area contributed by atoms with E-state index >= 15 is 0 Å². The molecule has 0 unspecified atom stereocenters. The van der Waals surface area contributed by atoms with Crippen molar-refractivity contribution in [2.45, 2.75) is 20.3 Å². The highest BCUT2D eigenvalue weighted by Crippen LogP contribution is 2.31. The third kappa shape index (κ3) is 3.64. The number of nitrogens with zero attached hydrogens (tertiary/aromatic N) is 1. The number of hydrogen-bond acceptors (Lipinski definition) is 5. The zero-order chi connectivity index (χ0) is 18.0. The van der Waals surface area contributed by atoms with Crippen LogP contribution in [0.1, 0.15) is 27.2 Å². The molecule has 0 spiro atoms. The molecule has 0 radical (unpaired) electrons. The van der Waals surface area contributed by atoms with Crippen molar-refractivity contribution in [3.63, 3.8) is 0 Å². The molecule has 1 aromatic carbocycles. The third-order valence-electron chi connectivity index (χ3n) is 4.31. The van der Waals surface area contributed by atoms with Crippen LogP contribution in [0.25, 0.3) is 0 Å². The third-order valence-corrected chi connectivity index (χ3v) is 5.22. The van der Waals surface area contributed by atoms with Gasteiger partial charge in [0.2, 0.25) is 11.7 Å². The number of hydrogen-bond donors (Lipinski definition) is 0. The number of carbonyl (C=O) groups is 3. The number of aryl methyl sites for hydroxylation is 2. The van der Waals surface area contributed by atoms with Crippen LogP contribution < -0.4 is 4.90 Å². The van der Waals surface area contributed by atoms with Crippen molar-refractivity contribution in [1.29, 1.82) is 0 Å². The molecule has 130 valence electrons. The van der Waals surface area contributed by atoms with Gasteiger partial charge in [0.25, 0.3) is 0 Å². The van der Waals surface area contributed by atoms with Crippen molar-refractivity contribution in [2.24, 2.45) is 5.92 Å². The van der Waals surface area contributed by atoms with Gasteiger partial charge in [0.15, 0.2) is 6.61 Å². The molecular weight excluding hydrogens is 338 g/mol. The van der Waals surface area contributed by atoms with E-state index in [1.165, 1.54) is 11.3 Å². The van der Waals surface area contributed by atoms with Crippen LogP contribution in [-0.2, 0) is 14.3 Å². The lowest BCUT2D eigenvalue weighted by Crippen LogP contribution is -2.28. The van der Waals surface area contributed by atoms with Crippen LogP contribution in [0.15, 0.2) is 35.7 Å². The van der Waals surface area contributed by atoms with Gasteiger partial charge in [-0.05, 0) is 36.4 Å². The molecule has 0 saturated carbocycles. The van der Waals surface area contributed by atoms with Crippen LogP contribution >= 0.6 is 11.3 Å². The Bertz CT molecular complexity index is 793. The first kappa shape index (κ1) is 17.4. The maximum atomic E-state index is 12.4. The average molecular weight is 357 g/mol. The highest BCUT2D eigenvalue weighted by molar-refractivity contribution is 7.12. The fourth-order valence-corrected chi connectivity index (χ4v) is 3.73. The van der Waals surface area contributed by atoms with Gasteiger partial charge in [0.1, 0.15) is 0 Å². The second kappa shape index (κ2) is 7.19. The van der Waals surface area contributed by atoms with Crippen LogP contribution in [-0.4, -0.2) is 30.8 Å². The number of esters is 1. The number of rotatable bonds is 5. The van der Waals surface area contributed by atoms with Gasteiger partial charge in [0.05, 0.1) is 10.8 Å². The Kier molecular flexibility index (Phi) is 4.99. The van der Waals surface area contributed by atoms with E-state index in [2.05, 4.69) is 0 Å². The lowest BCUT2D eigenvalue weighted by atomic mass is 10.1. The summed E-state index contributed by atoms with van der Waals surface area (Å²) in [7, 11) is 0. The van der Waals surface area contributed by atoms with Gasteiger partial charge in [-0.25, -0.2) is 0 Å². The molecule has 1 aromatic heterocycles. The quantitative estimate of drug-likeness (QED) is 0.609. The predicted octanol–water partition coefficient (Wildman–Crippen LogP) is 3.14. The van der Waals surface area contributed by atoms with E-state index in [4.69, 9.17) is 4.74 Å². The molecule has 0 aliphatic carbocycles. The maximum absolute atomic E-state index is 12.4. The van der Waals surface area contributed by atoms with E-state index in [1.807, 2.05) is 32.0 Å². The summed E-state index contributed by atoms with van der Waals surface area (Å²) in [6.07, 6.45) is 0.111. The lowest BCUT2D eigenvalue weighted by molar-refractivity contribution is -0.147. The molecule has 25 heavy (non-hydrogen) atoms. The summed E-state index contributed by atoms with van der Waals surface area (Å²) in [6, 6.07) is 9.30. The standard InChI is InChI=1S/C19H19NO4S/c1-12-5-3-6-13(2)18(12)20-10-14(9-17(20)22)19(23)24-11-15(21)16-7-4-8-25-16/h3-8,14H,9-11H2,1-2H3/t14-/m1/s1. The predicted molar refractivity (Wildman–Crippen MR) is 96.0 cm³/mol. The Hall–Kier alpha value is -2.47. The van der Waals surface area contributed by atoms with Crippen LogP contribution in [0.3, 0.4) is 0 Å². The minimum absolute atomic E-state index is 0.0936. The molecule has 1 fully saturated rings. The average Bonchev–Trinajstić information content (AvgIpc) is 3.23. The fraction of sp³-hybridized carbons (Fsp3) is 0.316. The largest absolute Gasteiger partial charge is 0.457 e. The molecular formula is C19H19NO4S. The van der Waals surface area contributed by atoms with Gasteiger partial charge in [-0.15, -0.1) is 11.3 Å². The summed E-state index contributed by atoms with van der Waals surface area (Å²) in [5.74, 6) is -1.35. The summed E-state index contributed by atoms with van der Waals surface area (Å²) in [5.41, 5.74) is 2.85. The van der Waals surface area contributed by atoms with E-state index in [0.717, 1.165) is 16.8 Å². The molecule has 2 aromatic rings. The van der Waals surface area contributed by atoms with Crippen molar-refractivity contribution >= 4 is 34.7 Å². The summed E-state index contributed by atoms with van der Waals surface area (Å²) in [6.45, 7) is 3.89. The van der Waals surface area contributed by atoms with Gasteiger partial charge in [0, 0.05) is 18.7 Å². The molecule has 5 nitrogen and oxygen atoms in total. The summed E-state index contributed by atoms with van der Waals surface area (Å²) < 4.78 is 5.14. The molecule has 1 saturated heterocycles. The second-order valence-corrected chi connectivity index (χ2v) is 7.10. The van der Waals surface area contributed by atoms with Gasteiger partial charge < -0.3 is 9.64 Å². The van der Waals surface area contributed by atoms with Crippen molar-refractivity contribution in [3.8, 4) is 0 Å². The molecule has 2 heterocycles. The number of anilines is 1. The number of benzene rings is 1. The SMILES string of the molecule is Cc1cccc(C)c1N1C[C@H](C(=O)OCC(=O)c2cccs2)CC1=O. The molecule has 1 amide bonds. The second-order valence-electron chi connectivity index (χ2n) is 6.15. The molecule has 1 aliphatic heterocycles. The summed E-state index contributed by atoms with van der Waals surface area (Å²) in [4.78, 5) is 38.8. The number of Topliss-reactive ketones (excluding diaryl/α,β-unsaturated/α-hetero) is 1. The number of ketones is 1. The smallest absolute Gasteiger partial charge is 0.311 e. The Balaban J connectivity index is 1.64. The van der Waals surface area contributed by atoms with Gasteiger partial charge >= 0.3 is 5.97 Å². The first-order valence-corrected chi connectivity index (χ1v) is 8.95. The zero-order valence-corrected chi connectivity index (χ0v) is 15.0. The first-order valence-electron chi connectivity index (χ1n) is 8.07. The Morgan fingerprint density at radius 3 is 2.56 bits per heavy atom. The van der Waals surface area contributed by atoms with Crippen LogP contribution in [0.2, 0.25) is 0 Å². The monoisotopic (exact) mass is 357 g/mol. The minimum atomic E-state index is -0.539. The number of thiophene rings is 1. The first-order chi connectivity index (χ1) is 12.0. The topological polar surface area (TPSA) is 63.7 Å². The summed E-state index contributed by atoms with van der Waals surface area (Å²) >= 11 is 1.31. The number of para-hydroxylation sites is 1. The molecule has 3 rings (SSSR count). The van der Waals surface area contributed by atoms with Crippen molar-refractivity contribution < 1.29 is 19.1 Å². The van der Waals surface area contributed by atoms with Crippen LogP contribution in [0.5, 0.6) is 0 Å². The van der Waals surface area contributed by atoms with Gasteiger partial charge in [-0.2, -0.15) is 0 Å². The molecule has 1 atom stereocenters. The van der Waals surface area contributed by atoms with E-state index in [9.17, 15) is 14.4 Å². The fourth-order valence-electron chi connectivity index (χ4n) is 3.08. The highest BCUT2D eigenvalue weighted by atomic mass is 32.1. The molecule has 0 N–H and O–H groups in total. The Morgan fingerprint density at radius 2 is 1.92 bits per heavy atom.